The summed E-state index contributed by atoms with van der Waals surface area (Å²) in [6.07, 6.45) is -4.60. The number of nitrogens with zero attached hydrogens (tertiary/aromatic N) is 1. The number of likely N-dealkylation sites (N-methyl/N-ethyl adjacent to an activating group) is 1. The number of halogens is 3. The maximum Gasteiger partial charge on any atom is 0.573 e. The lowest BCUT2D eigenvalue weighted by Crippen LogP contribution is -2.35. The summed E-state index contributed by atoms with van der Waals surface area (Å²) in [5.74, 6) is -1.06. The van der Waals surface area contributed by atoms with Crippen LogP contribution < -0.4 is 10.1 Å². The molecule has 2 aromatic carbocycles. The molecule has 0 radical (unpaired) electrons. The van der Waals surface area contributed by atoms with Gasteiger partial charge in [0.2, 0.25) is 11.8 Å². The van der Waals surface area contributed by atoms with E-state index in [1.165, 1.54) is 24.1 Å². The second-order valence-electron chi connectivity index (χ2n) is 6.47. The Morgan fingerprint density at radius 3 is 2.25 bits per heavy atom. The van der Waals surface area contributed by atoms with Gasteiger partial charge in [0.1, 0.15) is 5.75 Å². The number of amides is 2. The molecule has 0 heterocycles. The normalized spacial score (nSPS) is 11.1. The number of hydrogen-bond donors (Lipinski definition) is 1. The molecule has 0 spiro atoms. The van der Waals surface area contributed by atoms with Crippen LogP contribution in [0, 0.1) is 13.8 Å². The number of anilines is 1. The average Bonchev–Trinajstić information content (AvgIpc) is 2.58. The van der Waals surface area contributed by atoms with Crippen LogP contribution in [-0.4, -0.2) is 36.7 Å². The number of carbonyl (C=O) groups is 2. The number of alkyl halides is 3. The smallest absolute Gasteiger partial charge is 0.406 e. The molecule has 0 aromatic heterocycles. The maximum absolute atomic E-state index is 12.3. The van der Waals surface area contributed by atoms with E-state index in [1.54, 1.807) is 0 Å². The van der Waals surface area contributed by atoms with E-state index < -0.39 is 12.3 Å². The van der Waals surface area contributed by atoms with Crippen LogP contribution in [-0.2, 0) is 16.0 Å². The molecule has 150 valence electrons. The number of benzene rings is 2. The highest BCUT2D eigenvalue weighted by molar-refractivity contribution is 5.94. The Kier molecular flexibility index (Phi) is 6.66. The predicted octanol–water partition coefficient (Wildman–Crippen LogP) is 3.84. The SMILES string of the molecule is Cc1ccc(CC(=O)N(C)CC(=O)Nc2ccc(OC(F)(F)F)cc2)cc1C. The van der Waals surface area contributed by atoms with E-state index in [0.29, 0.717) is 5.69 Å². The van der Waals surface area contributed by atoms with E-state index in [9.17, 15) is 22.8 Å². The minimum Gasteiger partial charge on any atom is -0.406 e. The van der Waals surface area contributed by atoms with Crippen LogP contribution in [0.5, 0.6) is 5.75 Å². The van der Waals surface area contributed by atoms with Crippen molar-refractivity contribution in [1.29, 1.82) is 0 Å². The van der Waals surface area contributed by atoms with E-state index in [2.05, 4.69) is 10.1 Å². The quantitative estimate of drug-likeness (QED) is 0.810. The van der Waals surface area contributed by atoms with Crippen molar-refractivity contribution in [3.8, 4) is 5.75 Å². The van der Waals surface area contributed by atoms with Gasteiger partial charge in [-0.05, 0) is 54.8 Å². The maximum atomic E-state index is 12.3. The summed E-state index contributed by atoms with van der Waals surface area (Å²) >= 11 is 0. The monoisotopic (exact) mass is 394 g/mol. The molecule has 0 bridgehead atoms. The van der Waals surface area contributed by atoms with Gasteiger partial charge in [0, 0.05) is 12.7 Å². The molecule has 0 saturated heterocycles. The molecule has 0 aliphatic heterocycles. The fourth-order valence-electron chi connectivity index (χ4n) is 2.47. The highest BCUT2D eigenvalue weighted by Crippen LogP contribution is 2.23. The molecule has 28 heavy (non-hydrogen) atoms. The number of carbonyl (C=O) groups excluding carboxylic acids is 2. The van der Waals surface area contributed by atoms with Crippen molar-refractivity contribution >= 4 is 17.5 Å². The van der Waals surface area contributed by atoms with Gasteiger partial charge >= 0.3 is 6.36 Å². The molecule has 0 aliphatic carbocycles. The van der Waals surface area contributed by atoms with Crippen molar-refractivity contribution in [1.82, 2.24) is 4.90 Å². The summed E-state index contributed by atoms with van der Waals surface area (Å²) in [5.41, 5.74) is 3.38. The number of aryl methyl sites for hydroxylation is 2. The summed E-state index contributed by atoms with van der Waals surface area (Å²) in [6, 6.07) is 10.5. The fourth-order valence-corrected chi connectivity index (χ4v) is 2.47. The van der Waals surface area contributed by atoms with E-state index in [0.717, 1.165) is 28.8 Å². The van der Waals surface area contributed by atoms with Crippen LogP contribution in [0.1, 0.15) is 16.7 Å². The number of ether oxygens (including phenoxy) is 1. The first-order valence-corrected chi connectivity index (χ1v) is 8.49. The van der Waals surface area contributed by atoms with Crippen LogP contribution >= 0.6 is 0 Å². The second kappa shape index (κ2) is 8.77. The zero-order chi connectivity index (χ0) is 20.9. The lowest BCUT2D eigenvalue weighted by atomic mass is 10.0. The van der Waals surface area contributed by atoms with Gasteiger partial charge in [-0.2, -0.15) is 0 Å². The molecule has 1 N–H and O–H groups in total. The van der Waals surface area contributed by atoms with Crippen molar-refractivity contribution in [3.05, 3.63) is 59.2 Å². The van der Waals surface area contributed by atoms with Gasteiger partial charge < -0.3 is 15.0 Å². The Labute approximate surface area is 161 Å². The van der Waals surface area contributed by atoms with Gasteiger partial charge in [-0.3, -0.25) is 9.59 Å². The molecule has 0 fully saturated rings. The molecule has 5 nitrogen and oxygen atoms in total. The van der Waals surface area contributed by atoms with Gasteiger partial charge in [-0.1, -0.05) is 18.2 Å². The van der Waals surface area contributed by atoms with Crippen LogP contribution in [0.15, 0.2) is 42.5 Å². The number of nitrogens with one attached hydrogen (secondary N) is 1. The molecular formula is C20H21F3N2O3. The first-order valence-electron chi connectivity index (χ1n) is 8.49. The van der Waals surface area contributed by atoms with Gasteiger partial charge in [-0.15, -0.1) is 13.2 Å². The van der Waals surface area contributed by atoms with Gasteiger partial charge in [0.05, 0.1) is 13.0 Å². The molecule has 2 aromatic rings. The average molecular weight is 394 g/mol. The van der Waals surface area contributed by atoms with E-state index >= 15 is 0 Å². The molecular weight excluding hydrogens is 373 g/mol. The minimum atomic E-state index is -4.77. The Morgan fingerprint density at radius 1 is 1.04 bits per heavy atom. The Balaban J connectivity index is 1.87. The largest absolute Gasteiger partial charge is 0.573 e. The Bertz CT molecular complexity index is 849. The van der Waals surface area contributed by atoms with Crippen LogP contribution in [0.3, 0.4) is 0 Å². The molecule has 2 rings (SSSR count). The van der Waals surface area contributed by atoms with E-state index in [-0.39, 0.29) is 24.6 Å². The number of rotatable bonds is 6. The third-order valence-electron chi connectivity index (χ3n) is 4.10. The standard InChI is InChI=1S/C20H21F3N2O3/c1-13-4-5-15(10-14(13)2)11-19(27)25(3)12-18(26)24-16-6-8-17(9-7-16)28-20(21,22)23/h4-10H,11-12H2,1-3H3,(H,24,26). The van der Waals surface area contributed by atoms with Gasteiger partial charge in [0.25, 0.3) is 0 Å². The van der Waals surface area contributed by atoms with E-state index in [1.807, 2.05) is 32.0 Å². The zero-order valence-corrected chi connectivity index (χ0v) is 15.8. The molecule has 0 unspecified atom stereocenters. The molecule has 0 aliphatic rings. The first-order chi connectivity index (χ1) is 13.0. The topological polar surface area (TPSA) is 58.6 Å². The van der Waals surface area contributed by atoms with Crippen LogP contribution in [0.25, 0.3) is 0 Å². The van der Waals surface area contributed by atoms with Crippen molar-refractivity contribution in [2.75, 3.05) is 18.9 Å². The lowest BCUT2D eigenvalue weighted by molar-refractivity contribution is -0.274. The predicted molar refractivity (Wildman–Crippen MR) is 99.0 cm³/mol. The van der Waals surface area contributed by atoms with Gasteiger partial charge in [0.15, 0.2) is 0 Å². The van der Waals surface area contributed by atoms with Crippen LogP contribution in [0.4, 0.5) is 18.9 Å². The minimum absolute atomic E-state index is 0.175. The lowest BCUT2D eigenvalue weighted by Gasteiger charge is -2.17. The molecule has 8 heteroatoms. The van der Waals surface area contributed by atoms with Crippen molar-refractivity contribution in [3.63, 3.8) is 0 Å². The molecule has 0 atom stereocenters. The first kappa shape index (κ1) is 21.3. The summed E-state index contributed by atoms with van der Waals surface area (Å²) in [7, 11) is 1.52. The molecule has 0 saturated carbocycles. The van der Waals surface area contributed by atoms with Crippen molar-refractivity contribution < 1.29 is 27.5 Å². The highest BCUT2D eigenvalue weighted by atomic mass is 19.4. The summed E-state index contributed by atoms with van der Waals surface area (Å²) in [4.78, 5) is 25.7. The Hall–Kier alpha value is -3.03. The molecule has 2 amide bonds. The third kappa shape index (κ3) is 6.61. The zero-order valence-electron chi connectivity index (χ0n) is 15.8. The third-order valence-corrected chi connectivity index (χ3v) is 4.10. The van der Waals surface area contributed by atoms with E-state index in [4.69, 9.17) is 0 Å². The summed E-state index contributed by atoms with van der Waals surface area (Å²) in [5, 5.41) is 2.53. The van der Waals surface area contributed by atoms with Crippen molar-refractivity contribution in [2.24, 2.45) is 0 Å². The highest BCUT2D eigenvalue weighted by Gasteiger charge is 2.31. The van der Waals surface area contributed by atoms with Crippen molar-refractivity contribution in [2.45, 2.75) is 26.6 Å². The number of hydrogen-bond acceptors (Lipinski definition) is 3. The van der Waals surface area contributed by atoms with Gasteiger partial charge in [-0.25, -0.2) is 0 Å². The Morgan fingerprint density at radius 2 is 1.68 bits per heavy atom. The summed E-state index contributed by atoms with van der Waals surface area (Å²) < 4.78 is 40.2. The second-order valence-corrected chi connectivity index (χ2v) is 6.47. The summed E-state index contributed by atoms with van der Waals surface area (Å²) in [6.45, 7) is 3.77. The van der Waals surface area contributed by atoms with Crippen LogP contribution in [0.2, 0.25) is 0 Å². The fraction of sp³-hybridized carbons (Fsp3) is 0.300.